The summed E-state index contributed by atoms with van der Waals surface area (Å²) in [5, 5.41) is 7.97. The molecule has 6 nitrogen and oxygen atoms in total. The summed E-state index contributed by atoms with van der Waals surface area (Å²) in [5.74, 6) is 0.543. The van der Waals surface area contributed by atoms with Crippen LogP contribution in [0, 0.1) is 0 Å². The van der Waals surface area contributed by atoms with E-state index in [-0.39, 0.29) is 30.7 Å². The number of ether oxygens (including phenoxy) is 2. The van der Waals surface area contributed by atoms with Crippen LogP contribution in [-0.4, -0.2) is 44.2 Å². The number of amides is 1. The van der Waals surface area contributed by atoms with Crippen LogP contribution < -0.4 is 15.4 Å². The molecule has 2 rings (SSSR count). The maximum atomic E-state index is 12.1. The number of benzene rings is 1. The number of thiazole rings is 1. The first-order valence-corrected chi connectivity index (χ1v) is 8.31. The molecule has 0 fully saturated rings. The molecule has 1 aromatic carbocycles. The second-order valence-electron chi connectivity index (χ2n) is 4.79. The van der Waals surface area contributed by atoms with E-state index in [4.69, 9.17) is 9.47 Å². The topological polar surface area (TPSA) is 72.5 Å². The van der Waals surface area contributed by atoms with E-state index < -0.39 is 0 Å². The zero-order valence-electron chi connectivity index (χ0n) is 13.9. The van der Waals surface area contributed by atoms with Gasteiger partial charge in [-0.05, 0) is 18.2 Å². The van der Waals surface area contributed by atoms with Crippen molar-refractivity contribution in [2.75, 3.05) is 33.4 Å². The molecule has 0 aliphatic heterocycles. The maximum absolute atomic E-state index is 12.1. The average molecular weight is 408 g/mol. The van der Waals surface area contributed by atoms with Gasteiger partial charge in [0.1, 0.15) is 12.4 Å². The van der Waals surface area contributed by atoms with E-state index in [1.54, 1.807) is 24.8 Å². The molecule has 0 unspecified atom stereocenters. The first kappa shape index (κ1) is 23.6. The molecule has 9 heteroatoms. The third-order valence-corrected chi connectivity index (χ3v) is 3.67. The van der Waals surface area contributed by atoms with E-state index in [1.165, 1.54) is 11.3 Å². The number of rotatable bonds is 10. The molecular weight excluding hydrogens is 385 g/mol. The predicted molar refractivity (Wildman–Crippen MR) is 104 cm³/mol. The Balaban J connectivity index is 0.00000288. The van der Waals surface area contributed by atoms with Crippen molar-refractivity contribution in [1.29, 1.82) is 0 Å². The molecule has 1 heterocycles. The number of nitrogens with one attached hydrogen (secondary N) is 2. The SMILES string of the molecule is COCCNCCNC(=O)c1cccc(OCc2cscn2)c1.Cl.Cl. The first-order chi connectivity index (χ1) is 11.3. The summed E-state index contributed by atoms with van der Waals surface area (Å²) in [7, 11) is 1.66. The van der Waals surface area contributed by atoms with Gasteiger partial charge in [-0.2, -0.15) is 0 Å². The number of hydrogen-bond donors (Lipinski definition) is 2. The fraction of sp³-hybridized carbons (Fsp3) is 0.375. The van der Waals surface area contributed by atoms with Gasteiger partial charge in [0.25, 0.3) is 5.91 Å². The second-order valence-corrected chi connectivity index (χ2v) is 5.51. The van der Waals surface area contributed by atoms with Crippen LogP contribution in [0.5, 0.6) is 5.75 Å². The third kappa shape index (κ3) is 9.04. The molecule has 2 N–H and O–H groups in total. The van der Waals surface area contributed by atoms with Crippen LogP contribution in [0.3, 0.4) is 0 Å². The highest BCUT2D eigenvalue weighted by atomic mass is 35.5. The van der Waals surface area contributed by atoms with Crippen LogP contribution in [0.2, 0.25) is 0 Å². The van der Waals surface area contributed by atoms with E-state index in [2.05, 4.69) is 15.6 Å². The minimum atomic E-state index is -0.113. The number of halogens is 2. The summed E-state index contributed by atoms with van der Waals surface area (Å²) >= 11 is 1.53. The Kier molecular flexibility index (Phi) is 13.1. The summed E-state index contributed by atoms with van der Waals surface area (Å²) in [6.45, 7) is 3.10. The molecular formula is C16H23Cl2N3O3S. The standard InChI is InChI=1S/C16H21N3O3S.2ClH/c1-21-8-7-17-5-6-18-16(20)13-3-2-4-15(9-13)22-10-14-11-23-12-19-14;;/h2-4,9,11-12,17H,5-8,10H2,1H3,(H,18,20);2*1H. The highest BCUT2D eigenvalue weighted by Gasteiger charge is 2.06. The summed E-state index contributed by atoms with van der Waals surface area (Å²) < 4.78 is 10.6. The summed E-state index contributed by atoms with van der Waals surface area (Å²) in [6.07, 6.45) is 0. The van der Waals surface area contributed by atoms with Gasteiger partial charge in [0.2, 0.25) is 0 Å². The molecule has 0 spiro atoms. The molecule has 0 saturated heterocycles. The van der Waals surface area contributed by atoms with Crippen LogP contribution in [0.15, 0.2) is 35.2 Å². The van der Waals surface area contributed by atoms with Crippen molar-refractivity contribution in [2.45, 2.75) is 6.61 Å². The zero-order valence-corrected chi connectivity index (χ0v) is 16.3. The maximum Gasteiger partial charge on any atom is 0.251 e. The molecule has 1 amide bonds. The normalized spacial score (nSPS) is 9.64. The fourth-order valence-corrected chi connectivity index (χ4v) is 2.40. The Morgan fingerprint density at radius 3 is 2.80 bits per heavy atom. The number of methoxy groups -OCH3 is 1. The van der Waals surface area contributed by atoms with Gasteiger partial charge in [-0.1, -0.05) is 6.07 Å². The Bertz CT molecular complexity index is 600. The van der Waals surface area contributed by atoms with Crippen molar-refractivity contribution in [3.63, 3.8) is 0 Å². The fourth-order valence-electron chi connectivity index (χ4n) is 1.86. The number of aromatic nitrogens is 1. The van der Waals surface area contributed by atoms with Crippen molar-refractivity contribution in [3.05, 3.63) is 46.4 Å². The van der Waals surface area contributed by atoms with Gasteiger partial charge in [0, 0.05) is 37.7 Å². The lowest BCUT2D eigenvalue weighted by Gasteiger charge is -2.08. The quantitative estimate of drug-likeness (QED) is 0.592. The van der Waals surface area contributed by atoms with Gasteiger partial charge in [-0.15, -0.1) is 36.2 Å². The van der Waals surface area contributed by atoms with E-state index in [1.807, 2.05) is 17.5 Å². The minimum Gasteiger partial charge on any atom is -0.487 e. The molecule has 140 valence electrons. The number of carbonyl (C=O) groups excluding carboxylic acids is 1. The van der Waals surface area contributed by atoms with Crippen LogP contribution >= 0.6 is 36.2 Å². The summed E-state index contributed by atoms with van der Waals surface area (Å²) in [4.78, 5) is 16.2. The van der Waals surface area contributed by atoms with E-state index in [0.29, 0.717) is 37.6 Å². The highest BCUT2D eigenvalue weighted by molar-refractivity contribution is 7.07. The molecule has 25 heavy (non-hydrogen) atoms. The second kappa shape index (κ2) is 13.9. The van der Waals surface area contributed by atoms with Crippen molar-refractivity contribution >= 4 is 42.1 Å². The molecule has 0 atom stereocenters. The third-order valence-electron chi connectivity index (χ3n) is 3.04. The predicted octanol–water partition coefficient (Wildman–Crippen LogP) is 2.53. The Hall–Kier alpha value is -1.38. The van der Waals surface area contributed by atoms with Crippen molar-refractivity contribution in [2.24, 2.45) is 0 Å². The number of hydrogen-bond acceptors (Lipinski definition) is 6. The molecule has 0 radical (unpaired) electrons. The van der Waals surface area contributed by atoms with Crippen molar-refractivity contribution < 1.29 is 14.3 Å². The lowest BCUT2D eigenvalue weighted by Crippen LogP contribution is -2.33. The van der Waals surface area contributed by atoms with Crippen molar-refractivity contribution in [1.82, 2.24) is 15.6 Å². The van der Waals surface area contributed by atoms with Gasteiger partial charge >= 0.3 is 0 Å². The van der Waals surface area contributed by atoms with Gasteiger partial charge in [-0.25, -0.2) is 4.98 Å². The Morgan fingerprint density at radius 1 is 1.24 bits per heavy atom. The largest absolute Gasteiger partial charge is 0.487 e. The highest BCUT2D eigenvalue weighted by Crippen LogP contribution is 2.15. The molecule has 2 aromatic rings. The van der Waals surface area contributed by atoms with Crippen LogP contribution in [-0.2, 0) is 11.3 Å². The van der Waals surface area contributed by atoms with Crippen LogP contribution in [0.1, 0.15) is 16.1 Å². The van der Waals surface area contributed by atoms with Crippen LogP contribution in [0.25, 0.3) is 0 Å². The van der Waals surface area contributed by atoms with Gasteiger partial charge in [0.15, 0.2) is 0 Å². The van der Waals surface area contributed by atoms with E-state index in [0.717, 1.165) is 12.2 Å². The smallest absolute Gasteiger partial charge is 0.251 e. The molecule has 1 aromatic heterocycles. The average Bonchev–Trinajstić information content (AvgIpc) is 3.10. The Labute approximate surface area is 164 Å². The molecule has 0 aliphatic rings. The van der Waals surface area contributed by atoms with Gasteiger partial charge in [0.05, 0.1) is 17.8 Å². The molecule has 0 bridgehead atoms. The lowest BCUT2D eigenvalue weighted by molar-refractivity contribution is 0.0953. The summed E-state index contributed by atoms with van der Waals surface area (Å²) in [6, 6.07) is 7.14. The Morgan fingerprint density at radius 2 is 2.08 bits per heavy atom. The van der Waals surface area contributed by atoms with E-state index >= 15 is 0 Å². The first-order valence-electron chi connectivity index (χ1n) is 7.37. The lowest BCUT2D eigenvalue weighted by atomic mass is 10.2. The molecule has 0 aliphatic carbocycles. The van der Waals surface area contributed by atoms with Gasteiger partial charge in [-0.3, -0.25) is 4.79 Å². The monoisotopic (exact) mass is 407 g/mol. The molecule has 0 saturated carbocycles. The van der Waals surface area contributed by atoms with Crippen molar-refractivity contribution in [3.8, 4) is 5.75 Å². The number of carbonyl (C=O) groups is 1. The summed E-state index contributed by atoms with van der Waals surface area (Å²) in [5.41, 5.74) is 3.23. The van der Waals surface area contributed by atoms with Crippen LogP contribution in [0.4, 0.5) is 0 Å². The number of nitrogens with zero attached hydrogens (tertiary/aromatic N) is 1. The van der Waals surface area contributed by atoms with Gasteiger partial charge < -0.3 is 20.1 Å². The minimum absolute atomic E-state index is 0. The zero-order chi connectivity index (χ0) is 16.3. The van der Waals surface area contributed by atoms with E-state index in [9.17, 15) is 4.79 Å².